The second kappa shape index (κ2) is 9.78. The number of carboxylic acid groups (broad SMARTS) is 1. The van der Waals surface area contributed by atoms with Crippen molar-refractivity contribution in [3.63, 3.8) is 0 Å². The van der Waals surface area contributed by atoms with Crippen LogP contribution in [0.5, 0.6) is 0 Å². The Balaban J connectivity index is 0.000000821. The van der Waals surface area contributed by atoms with Crippen molar-refractivity contribution in [1.82, 2.24) is 5.32 Å². The molecular formula is C28H50N2O3. The lowest BCUT2D eigenvalue weighted by atomic mass is 9.44. The molecule has 5 aliphatic rings. The lowest BCUT2D eigenvalue weighted by Gasteiger charge is -2.61. The molecule has 0 spiro atoms. The summed E-state index contributed by atoms with van der Waals surface area (Å²) in [5, 5.41) is 10.7. The topological polar surface area (TPSA) is 84.6 Å². The molecule has 33 heavy (non-hydrogen) atoms. The van der Waals surface area contributed by atoms with E-state index < -0.39 is 0 Å². The number of ether oxygens (including phenoxy) is 1. The van der Waals surface area contributed by atoms with E-state index >= 15 is 0 Å². The Morgan fingerprint density at radius 2 is 1.82 bits per heavy atom. The van der Waals surface area contributed by atoms with Crippen LogP contribution in [-0.2, 0) is 9.53 Å². The van der Waals surface area contributed by atoms with Gasteiger partial charge in [0.15, 0.2) is 0 Å². The molecule has 5 fully saturated rings. The van der Waals surface area contributed by atoms with Gasteiger partial charge in [-0.25, -0.2) is 0 Å². The van der Waals surface area contributed by atoms with Gasteiger partial charge in [-0.1, -0.05) is 41.0 Å². The zero-order chi connectivity index (χ0) is 24.0. The van der Waals surface area contributed by atoms with Crippen LogP contribution in [0.4, 0.5) is 0 Å². The lowest BCUT2D eigenvalue weighted by Crippen LogP contribution is -2.55. The quantitative estimate of drug-likeness (QED) is 0.495. The first-order valence-corrected chi connectivity index (χ1v) is 13.9. The second-order valence-corrected chi connectivity index (χ2v) is 13.0. The highest BCUT2D eigenvalue weighted by atomic mass is 16.5. The Kier molecular flexibility index (Phi) is 7.54. The molecule has 12 atom stereocenters. The van der Waals surface area contributed by atoms with E-state index in [2.05, 4.69) is 39.9 Å². The molecule has 1 heterocycles. The van der Waals surface area contributed by atoms with E-state index in [1.165, 1.54) is 57.8 Å². The summed E-state index contributed by atoms with van der Waals surface area (Å²) < 4.78 is 6.75. The van der Waals surface area contributed by atoms with Gasteiger partial charge in [0.25, 0.3) is 6.47 Å². The molecule has 0 aromatic carbocycles. The average Bonchev–Trinajstić information content (AvgIpc) is 3.26. The van der Waals surface area contributed by atoms with Gasteiger partial charge >= 0.3 is 0 Å². The van der Waals surface area contributed by atoms with Crippen LogP contribution in [0.3, 0.4) is 0 Å². The number of nitrogens with one attached hydrogen (secondary N) is 1. The van der Waals surface area contributed by atoms with E-state index in [4.69, 9.17) is 20.4 Å². The number of fused-ring (bicyclic) bond motifs is 7. The molecule has 1 saturated heterocycles. The molecule has 0 aromatic rings. The first-order chi connectivity index (χ1) is 15.7. The summed E-state index contributed by atoms with van der Waals surface area (Å²) in [4.78, 5) is 8.36. The molecule has 0 aromatic heterocycles. The van der Waals surface area contributed by atoms with Crippen molar-refractivity contribution in [2.45, 2.75) is 111 Å². The van der Waals surface area contributed by atoms with Crippen molar-refractivity contribution in [3.05, 3.63) is 0 Å². The molecule has 190 valence electrons. The summed E-state index contributed by atoms with van der Waals surface area (Å²) in [6.45, 7) is 13.3. The Bertz CT molecular complexity index is 688. The SMILES string of the molecule is CC[C@H](C)CNC1OC2CC3C4CCC5CC(N)CCC5(C)C4CCC3(C)C2[C@@H]1C.O=CO. The number of rotatable bonds is 4. The predicted molar refractivity (Wildman–Crippen MR) is 133 cm³/mol. The largest absolute Gasteiger partial charge is 0.483 e. The molecule has 5 nitrogen and oxygen atoms in total. The summed E-state index contributed by atoms with van der Waals surface area (Å²) in [5.74, 6) is 5.78. The van der Waals surface area contributed by atoms with Gasteiger partial charge in [-0.2, -0.15) is 0 Å². The van der Waals surface area contributed by atoms with Crippen LogP contribution in [0.2, 0.25) is 0 Å². The molecule has 0 radical (unpaired) electrons. The third-order valence-corrected chi connectivity index (χ3v) is 11.5. The van der Waals surface area contributed by atoms with Gasteiger partial charge < -0.3 is 15.6 Å². The Labute approximate surface area is 202 Å². The fourth-order valence-corrected chi connectivity index (χ4v) is 9.59. The molecular weight excluding hydrogens is 412 g/mol. The first-order valence-electron chi connectivity index (χ1n) is 13.9. The van der Waals surface area contributed by atoms with Crippen LogP contribution in [0.1, 0.15) is 92.4 Å². The monoisotopic (exact) mass is 462 g/mol. The van der Waals surface area contributed by atoms with Crippen molar-refractivity contribution >= 4 is 6.47 Å². The molecule has 1 aliphatic heterocycles. The third kappa shape index (κ3) is 4.29. The van der Waals surface area contributed by atoms with Crippen LogP contribution in [0.25, 0.3) is 0 Å². The highest BCUT2D eigenvalue weighted by Crippen LogP contribution is 2.69. The normalized spacial score (nSPS) is 51.3. The molecule has 10 unspecified atom stereocenters. The van der Waals surface area contributed by atoms with Crippen LogP contribution in [0, 0.1) is 52.3 Å². The van der Waals surface area contributed by atoms with Gasteiger partial charge in [0.05, 0.1) is 6.10 Å². The standard InChI is InChI=1S/C27H48N2O.CH2O2/c1-6-16(2)15-29-25-17(3)24-23(30-25)14-22-20-8-7-18-13-19(28)9-11-26(18,4)21(20)10-12-27(22,24)5;2-1-3/h16-25,29H,6-15,28H2,1-5H3;1H,(H,2,3)/t16-,17-,18?,19?,20?,21?,22?,23?,24?,25?,26?,27?;/m0./s1. The average molecular weight is 463 g/mol. The second-order valence-electron chi connectivity index (χ2n) is 13.0. The van der Waals surface area contributed by atoms with E-state index in [1.807, 2.05) is 0 Å². The minimum atomic E-state index is -0.250. The van der Waals surface area contributed by atoms with Gasteiger partial charge in [-0.05, 0) is 97.7 Å². The van der Waals surface area contributed by atoms with Crippen molar-refractivity contribution in [3.8, 4) is 0 Å². The first kappa shape index (κ1) is 25.4. The zero-order valence-corrected chi connectivity index (χ0v) is 21.8. The van der Waals surface area contributed by atoms with Gasteiger partial charge in [0, 0.05) is 18.5 Å². The Morgan fingerprint density at radius 3 is 2.52 bits per heavy atom. The van der Waals surface area contributed by atoms with E-state index in [9.17, 15) is 0 Å². The molecule has 4 aliphatic carbocycles. The highest BCUT2D eigenvalue weighted by molar-refractivity contribution is 5.32. The van der Waals surface area contributed by atoms with E-state index in [-0.39, 0.29) is 12.7 Å². The summed E-state index contributed by atoms with van der Waals surface area (Å²) in [6.07, 6.45) is 13.0. The third-order valence-electron chi connectivity index (χ3n) is 11.5. The summed E-state index contributed by atoms with van der Waals surface area (Å²) in [6, 6.07) is 0.466. The molecule has 4 N–H and O–H groups in total. The summed E-state index contributed by atoms with van der Waals surface area (Å²) >= 11 is 0. The van der Waals surface area contributed by atoms with Gasteiger partial charge in [-0.15, -0.1) is 0 Å². The minimum absolute atomic E-state index is 0.250. The van der Waals surface area contributed by atoms with Crippen LogP contribution < -0.4 is 11.1 Å². The van der Waals surface area contributed by atoms with Crippen molar-refractivity contribution in [2.75, 3.05) is 6.54 Å². The molecule has 5 heteroatoms. The smallest absolute Gasteiger partial charge is 0.290 e. The number of hydrogen-bond donors (Lipinski definition) is 3. The fourth-order valence-electron chi connectivity index (χ4n) is 9.59. The minimum Gasteiger partial charge on any atom is -0.483 e. The Hall–Kier alpha value is -0.650. The maximum atomic E-state index is 8.36. The fraction of sp³-hybridized carbons (Fsp3) is 0.964. The zero-order valence-electron chi connectivity index (χ0n) is 21.8. The van der Waals surface area contributed by atoms with Crippen molar-refractivity contribution in [2.24, 2.45) is 58.0 Å². The lowest BCUT2D eigenvalue weighted by molar-refractivity contribution is -0.122. The highest BCUT2D eigenvalue weighted by Gasteiger charge is 2.65. The maximum absolute atomic E-state index is 8.36. The van der Waals surface area contributed by atoms with E-state index in [0.717, 1.165) is 42.1 Å². The van der Waals surface area contributed by atoms with Crippen molar-refractivity contribution < 1.29 is 14.6 Å². The molecule has 5 rings (SSSR count). The number of hydrogen-bond acceptors (Lipinski definition) is 4. The van der Waals surface area contributed by atoms with E-state index in [0.29, 0.717) is 28.9 Å². The van der Waals surface area contributed by atoms with Gasteiger partial charge in [0.2, 0.25) is 0 Å². The van der Waals surface area contributed by atoms with Crippen LogP contribution >= 0.6 is 0 Å². The number of carbonyl (C=O) groups is 1. The summed E-state index contributed by atoms with van der Waals surface area (Å²) in [5.41, 5.74) is 7.45. The van der Waals surface area contributed by atoms with Crippen LogP contribution in [-0.4, -0.2) is 36.5 Å². The molecule has 4 saturated carbocycles. The molecule has 0 amide bonds. The van der Waals surface area contributed by atoms with Gasteiger partial charge in [0.1, 0.15) is 6.23 Å². The van der Waals surface area contributed by atoms with Crippen molar-refractivity contribution in [1.29, 1.82) is 0 Å². The van der Waals surface area contributed by atoms with Gasteiger partial charge in [-0.3, -0.25) is 10.1 Å². The van der Waals surface area contributed by atoms with Crippen LogP contribution in [0.15, 0.2) is 0 Å². The summed E-state index contributed by atoms with van der Waals surface area (Å²) in [7, 11) is 0. The number of nitrogens with two attached hydrogens (primary N) is 1. The Morgan fingerprint density at radius 1 is 1.12 bits per heavy atom. The predicted octanol–water partition coefficient (Wildman–Crippen LogP) is 5.28. The maximum Gasteiger partial charge on any atom is 0.290 e. The van der Waals surface area contributed by atoms with E-state index in [1.54, 1.807) is 0 Å². The molecule has 0 bridgehead atoms.